The van der Waals surface area contributed by atoms with Crippen LogP contribution in [0, 0.1) is 17.5 Å². The fraction of sp³-hybridized carbons (Fsp3) is 0.0476. The molecule has 0 saturated carbocycles. The highest BCUT2D eigenvalue weighted by Gasteiger charge is 2.38. The van der Waals surface area contributed by atoms with Crippen LogP contribution in [-0.4, -0.2) is 11.8 Å². The molecular formula is C21H9F6NO3. The molecule has 10 heteroatoms. The second-order valence-corrected chi connectivity index (χ2v) is 6.47. The first kappa shape index (κ1) is 20.5. The van der Waals surface area contributed by atoms with Gasteiger partial charge in [0, 0.05) is 6.07 Å². The van der Waals surface area contributed by atoms with Gasteiger partial charge in [0.05, 0.1) is 22.4 Å². The summed E-state index contributed by atoms with van der Waals surface area (Å²) >= 11 is 0. The van der Waals surface area contributed by atoms with Crippen LogP contribution in [0.3, 0.4) is 0 Å². The number of nitrogens with zero attached hydrogens (tertiary/aromatic N) is 1. The molecule has 1 heterocycles. The molecule has 0 atom stereocenters. The molecule has 1 aliphatic rings. The first-order valence-electron chi connectivity index (χ1n) is 8.59. The summed E-state index contributed by atoms with van der Waals surface area (Å²) in [5.41, 5.74) is -2.00. The molecule has 3 aromatic carbocycles. The summed E-state index contributed by atoms with van der Waals surface area (Å²) < 4.78 is 85.6. The average molecular weight is 437 g/mol. The summed E-state index contributed by atoms with van der Waals surface area (Å²) in [7, 11) is 0. The molecule has 0 aliphatic carbocycles. The van der Waals surface area contributed by atoms with E-state index in [1.54, 1.807) is 0 Å². The summed E-state index contributed by atoms with van der Waals surface area (Å²) in [4.78, 5) is 25.9. The van der Waals surface area contributed by atoms with E-state index in [4.69, 9.17) is 4.74 Å². The molecule has 31 heavy (non-hydrogen) atoms. The number of carbonyl (C=O) groups is 2. The monoisotopic (exact) mass is 437 g/mol. The van der Waals surface area contributed by atoms with E-state index in [1.807, 2.05) is 0 Å². The predicted molar refractivity (Wildman–Crippen MR) is 95.4 cm³/mol. The van der Waals surface area contributed by atoms with Gasteiger partial charge < -0.3 is 4.74 Å². The van der Waals surface area contributed by atoms with Crippen LogP contribution in [0.1, 0.15) is 26.3 Å². The zero-order valence-corrected chi connectivity index (χ0v) is 15.1. The molecule has 0 bridgehead atoms. The Morgan fingerprint density at radius 2 is 1.32 bits per heavy atom. The van der Waals surface area contributed by atoms with Gasteiger partial charge in [0.2, 0.25) is 0 Å². The largest absolute Gasteiger partial charge is 0.449 e. The highest BCUT2D eigenvalue weighted by molar-refractivity contribution is 6.34. The van der Waals surface area contributed by atoms with E-state index in [-0.39, 0.29) is 23.3 Å². The number of hydrogen-bond donors (Lipinski definition) is 0. The number of carbonyl (C=O) groups excluding carboxylic acids is 2. The van der Waals surface area contributed by atoms with Crippen LogP contribution in [0.2, 0.25) is 0 Å². The average Bonchev–Trinajstić information content (AvgIpc) is 2.95. The van der Waals surface area contributed by atoms with Crippen molar-refractivity contribution in [2.75, 3.05) is 4.90 Å². The van der Waals surface area contributed by atoms with Gasteiger partial charge in [0.1, 0.15) is 5.82 Å². The Morgan fingerprint density at radius 3 is 1.84 bits per heavy atom. The van der Waals surface area contributed by atoms with E-state index in [0.717, 1.165) is 18.2 Å². The van der Waals surface area contributed by atoms with Crippen LogP contribution < -0.4 is 9.64 Å². The summed E-state index contributed by atoms with van der Waals surface area (Å²) in [5.74, 6) is -7.64. The van der Waals surface area contributed by atoms with E-state index in [2.05, 4.69) is 0 Å². The topological polar surface area (TPSA) is 46.6 Å². The van der Waals surface area contributed by atoms with Crippen molar-refractivity contribution in [2.24, 2.45) is 0 Å². The van der Waals surface area contributed by atoms with Gasteiger partial charge >= 0.3 is 6.18 Å². The molecular weight excluding hydrogens is 428 g/mol. The van der Waals surface area contributed by atoms with Crippen LogP contribution in [-0.2, 0) is 6.18 Å². The first-order chi connectivity index (χ1) is 14.6. The fourth-order valence-corrected chi connectivity index (χ4v) is 3.09. The Labute approximate surface area is 170 Å². The lowest BCUT2D eigenvalue weighted by Crippen LogP contribution is -2.29. The number of alkyl halides is 3. The molecule has 0 saturated heterocycles. The SMILES string of the molecule is O=C1c2ccccc2C(=O)N1c1cc(F)ccc1Oc1c(F)cc(C(F)(F)F)cc1F. The van der Waals surface area contributed by atoms with Crippen molar-refractivity contribution in [1.29, 1.82) is 0 Å². The molecule has 158 valence electrons. The van der Waals surface area contributed by atoms with Crippen LogP contribution >= 0.6 is 0 Å². The van der Waals surface area contributed by atoms with Gasteiger partial charge in [-0.15, -0.1) is 0 Å². The second-order valence-electron chi connectivity index (χ2n) is 6.47. The lowest BCUT2D eigenvalue weighted by atomic mass is 10.1. The molecule has 1 aliphatic heterocycles. The van der Waals surface area contributed by atoms with E-state index < -0.39 is 58.2 Å². The lowest BCUT2D eigenvalue weighted by Gasteiger charge is -2.19. The third-order valence-electron chi connectivity index (χ3n) is 4.49. The van der Waals surface area contributed by atoms with E-state index in [9.17, 15) is 35.9 Å². The maximum atomic E-state index is 14.2. The summed E-state index contributed by atoms with van der Waals surface area (Å²) in [5, 5.41) is 0. The van der Waals surface area contributed by atoms with Crippen LogP contribution in [0.4, 0.5) is 32.0 Å². The van der Waals surface area contributed by atoms with Gasteiger partial charge in [-0.3, -0.25) is 9.59 Å². The molecule has 0 unspecified atom stereocenters. The van der Waals surface area contributed by atoms with Gasteiger partial charge in [0.15, 0.2) is 23.1 Å². The fourth-order valence-electron chi connectivity index (χ4n) is 3.09. The van der Waals surface area contributed by atoms with Crippen LogP contribution in [0.15, 0.2) is 54.6 Å². The van der Waals surface area contributed by atoms with Gasteiger partial charge in [-0.25, -0.2) is 18.1 Å². The third-order valence-corrected chi connectivity index (χ3v) is 4.49. The Kier molecular flexibility index (Phi) is 4.72. The number of hydrogen-bond acceptors (Lipinski definition) is 3. The number of benzene rings is 3. The van der Waals surface area contributed by atoms with Crippen molar-refractivity contribution in [3.05, 3.63) is 88.7 Å². The van der Waals surface area contributed by atoms with Gasteiger partial charge in [0.25, 0.3) is 11.8 Å². The number of ether oxygens (including phenoxy) is 1. The van der Waals surface area contributed by atoms with Crippen molar-refractivity contribution < 1.29 is 40.7 Å². The van der Waals surface area contributed by atoms with Crippen LogP contribution in [0.5, 0.6) is 11.5 Å². The highest BCUT2D eigenvalue weighted by Crippen LogP contribution is 2.40. The number of anilines is 1. The Balaban J connectivity index is 1.78. The summed E-state index contributed by atoms with van der Waals surface area (Å²) in [6, 6.07) is 8.26. The summed E-state index contributed by atoms with van der Waals surface area (Å²) in [6.45, 7) is 0. The summed E-state index contributed by atoms with van der Waals surface area (Å²) in [6.07, 6.45) is -5.00. The maximum absolute atomic E-state index is 14.2. The van der Waals surface area contributed by atoms with E-state index in [1.165, 1.54) is 24.3 Å². The number of rotatable bonds is 3. The smallest absolute Gasteiger partial charge is 0.416 e. The molecule has 0 spiro atoms. The van der Waals surface area contributed by atoms with E-state index in [0.29, 0.717) is 4.90 Å². The quantitative estimate of drug-likeness (QED) is 0.389. The zero-order valence-electron chi connectivity index (χ0n) is 15.1. The first-order valence-corrected chi connectivity index (χ1v) is 8.59. The number of halogens is 6. The lowest BCUT2D eigenvalue weighted by molar-refractivity contribution is -0.138. The van der Waals surface area contributed by atoms with Gasteiger partial charge in [-0.1, -0.05) is 12.1 Å². The van der Waals surface area contributed by atoms with Crippen molar-refractivity contribution in [1.82, 2.24) is 0 Å². The number of amides is 2. The van der Waals surface area contributed by atoms with Gasteiger partial charge in [-0.2, -0.15) is 13.2 Å². The molecule has 0 N–H and O–H groups in total. The minimum absolute atomic E-state index is 0.0228. The molecule has 4 rings (SSSR count). The van der Waals surface area contributed by atoms with Crippen molar-refractivity contribution >= 4 is 17.5 Å². The molecule has 0 aromatic heterocycles. The van der Waals surface area contributed by atoms with Crippen molar-refractivity contribution in [2.45, 2.75) is 6.18 Å². The standard InChI is InChI=1S/C21H9F6NO3/c22-11-5-6-17(31-18-14(23)7-10(8-15(18)24)21(25,26)27)16(9-11)28-19(29)12-3-1-2-4-13(12)20(28)30/h1-9H. The number of imide groups is 1. The molecule has 0 radical (unpaired) electrons. The third kappa shape index (κ3) is 3.49. The zero-order chi connectivity index (χ0) is 22.5. The minimum Gasteiger partial charge on any atom is -0.449 e. The molecule has 4 nitrogen and oxygen atoms in total. The minimum atomic E-state index is -5.00. The highest BCUT2D eigenvalue weighted by atomic mass is 19.4. The van der Waals surface area contributed by atoms with Gasteiger partial charge in [-0.05, 0) is 36.4 Å². The van der Waals surface area contributed by atoms with Crippen molar-refractivity contribution in [3.63, 3.8) is 0 Å². The Hall–Kier alpha value is -3.82. The maximum Gasteiger partial charge on any atom is 0.416 e. The van der Waals surface area contributed by atoms with Crippen LogP contribution in [0.25, 0.3) is 0 Å². The molecule has 2 amide bonds. The predicted octanol–water partition coefficient (Wildman–Crippen LogP) is 5.72. The normalized spacial score (nSPS) is 13.5. The molecule has 3 aromatic rings. The second kappa shape index (κ2) is 7.15. The number of fused-ring (bicyclic) bond motifs is 1. The van der Waals surface area contributed by atoms with Crippen molar-refractivity contribution in [3.8, 4) is 11.5 Å². The Morgan fingerprint density at radius 1 is 0.774 bits per heavy atom. The Bertz CT molecular complexity index is 1180. The van der Waals surface area contributed by atoms with E-state index >= 15 is 0 Å². The molecule has 0 fully saturated rings.